The van der Waals surface area contributed by atoms with Crippen molar-refractivity contribution in [2.45, 2.75) is 31.7 Å². The third-order valence-electron chi connectivity index (χ3n) is 5.05. The van der Waals surface area contributed by atoms with E-state index in [-0.39, 0.29) is 17.7 Å². The molecule has 2 N–H and O–H groups in total. The van der Waals surface area contributed by atoms with Gasteiger partial charge in [0.25, 0.3) is 5.91 Å². The first-order valence-electron chi connectivity index (χ1n) is 10.1. The average molecular weight is 393 g/mol. The Balaban J connectivity index is 1.39. The summed E-state index contributed by atoms with van der Waals surface area (Å²) in [7, 11) is 0. The van der Waals surface area contributed by atoms with Gasteiger partial charge in [-0.15, -0.1) is 0 Å². The van der Waals surface area contributed by atoms with Crippen LogP contribution in [0, 0.1) is 0 Å². The second kappa shape index (κ2) is 10.4. The van der Waals surface area contributed by atoms with Crippen LogP contribution in [0.25, 0.3) is 0 Å². The Labute approximate surface area is 171 Å². The number of likely N-dealkylation sites (tertiary alicyclic amines) is 1. The Hall–Kier alpha value is -3.15. The molecule has 0 aliphatic carbocycles. The molecule has 1 saturated heterocycles. The molecule has 1 fully saturated rings. The van der Waals surface area contributed by atoms with Crippen LogP contribution in [0.3, 0.4) is 0 Å². The van der Waals surface area contributed by atoms with E-state index in [4.69, 9.17) is 0 Å². The number of hydrogen-bond acceptors (Lipinski definition) is 3. The number of hydrogen-bond donors (Lipinski definition) is 2. The Morgan fingerprint density at radius 2 is 1.55 bits per heavy atom. The maximum Gasteiger partial charge on any atom is 0.251 e. The lowest BCUT2D eigenvalue weighted by atomic mass is 10.1. The Kier molecular flexibility index (Phi) is 7.39. The first-order chi connectivity index (χ1) is 14.1. The smallest absolute Gasteiger partial charge is 0.251 e. The van der Waals surface area contributed by atoms with Crippen LogP contribution in [-0.4, -0.2) is 48.3 Å². The highest BCUT2D eigenvalue weighted by Crippen LogP contribution is 2.19. The van der Waals surface area contributed by atoms with Crippen LogP contribution < -0.4 is 10.6 Å². The van der Waals surface area contributed by atoms with E-state index in [9.17, 15) is 14.4 Å². The van der Waals surface area contributed by atoms with Crippen LogP contribution >= 0.6 is 0 Å². The summed E-state index contributed by atoms with van der Waals surface area (Å²) in [6.45, 7) is 1.57. The maximum absolute atomic E-state index is 12.6. The fraction of sp³-hybridized carbons (Fsp3) is 0.348. The Bertz CT molecular complexity index is 824. The first-order valence-corrected chi connectivity index (χ1v) is 10.1. The monoisotopic (exact) mass is 393 g/mol. The average Bonchev–Trinajstić information content (AvgIpc) is 3.25. The number of nitrogens with one attached hydrogen (secondary N) is 2. The predicted octanol–water partition coefficient (Wildman–Crippen LogP) is 2.16. The molecule has 1 aliphatic heterocycles. The molecule has 0 radical (unpaired) electrons. The molecule has 0 bridgehead atoms. The summed E-state index contributed by atoms with van der Waals surface area (Å²) in [5.41, 5.74) is 1.58. The van der Waals surface area contributed by atoms with Crippen molar-refractivity contribution in [1.29, 1.82) is 0 Å². The molecular weight excluding hydrogens is 366 g/mol. The molecule has 6 heteroatoms. The number of benzene rings is 2. The quantitative estimate of drug-likeness (QED) is 0.675. The van der Waals surface area contributed by atoms with Gasteiger partial charge in [0, 0.05) is 25.2 Å². The second-order valence-corrected chi connectivity index (χ2v) is 7.17. The molecule has 0 unspecified atom stereocenters. The summed E-state index contributed by atoms with van der Waals surface area (Å²) >= 11 is 0. The Morgan fingerprint density at radius 1 is 0.897 bits per heavy atom. The zero-order valence-electron chi connectivity index (χ0n) is 16.5. The number of amides is 3. The zero-order chi connectivity index (χ0) is 20.5. The minimum Gasteiger partial charge on any atom is -0.354 e. The van der Waals surface area contributed by atoms with Crippen LogP contribution in [-0.2, 0) is 16.0 Å². The fourth-order valence-corrected chi connectivity index (χ4v) is 3.52. The van der Waals surface area contributed by atoms with Gasteiger partial charge < -0.3 is 15.5 Å². The summed E-state index contributed by atoms with van der Waals surface area (Å²) < 4.78 is 0. The number of carbonyl (C=O) groups is 3. The number of rotatable bonds is 8. The van der Waals surface area contributed by atoms with Crippen molar-refractivity contribution in [2.24, 2.45) is 0 Å². The van der Waals surface area contributed by atoms with Crippen molar-refractivity contribution in [3.05, 3.63) is 71.8 Å². The molecule has 1 heterocycles. The predicted molar refractivity (Wildman–Crippen MR) is 111 cm³/mol. The van der Waals surface area contributed by atoms with E-state index in [1.165, 1.54) is 0 Å². The largest absolute Gasteiger partial charge is 0.354 e. The first kappa shape index (κ1) is 20.6. The molecule has 6 nitrogen and oxygen atoms in total. The van der Waals surface area contributed by atoms with E-state index in [0.29, 0.717) is 44.5 Å². The molecule has 0 saturated carbocycles. The minimum absolute atomic E-state index is 0.0102. The lowest BCUT2D eigenvalue weighted by molar-refractivity contribution is -0.137. The maximum atomic E-state index is 12.6. The van der Waals surface area contributed by atoms with E-state index in [1.807, 2.05) is 48.5 Å². The third-order valence-corrected chi connectivity index (χ3v) is 5.05. The summed E-state index contributed by atoms with van der Waals surface area (Å²) in [5, 5.41) is 5.74. The molecular formula is C23H27N3O3. The standard InChI is InChI=1S/C23H27N3O3/c27-21(17-18-9-3-1-4-10-18)26-16-7-13-20(26)23(29)25-15-8-14-24-22(28)19-11-5-2-6-12-19/h1-6,9-12,20H,7-8,13-17H2,(H,24,28)(H,25,29)/t20-/m1/s1. The van der Waals surface area contributed by atoms with Crippen molar-refractivity contribution >= 4 is 17.7 Å². The lowest BCUT2D eigenvalue weighted by Crippen LogP contribution is -2.46. The van der Waals surface area contributed by atoms with Gasteiger partial charge in [-0.2, -0.15) is 0 Å². The normalized spacial score (nSPS) is 15.7. The van der Waals surface area contributed by atoms with Crippen LogP contribution in [0.15, 0.2) is 60.7 Å². The molecule has 2 aromatic rings. The van der Waals surface area contributed by atoms with Gasteiger partial charge in [-0.05, 0) is 37.0 Å². The van der Waals surface area contributed by atoms with Gasteiger partial charge in [-0.25, -0.2) is 0 Å². The molecule has 3 rings (SSSR count). The molecule has 2 aromatic carbocycles. The molecule has 1 aliphatic rings. The van der Waals surface area contributed by atoms with Crippen LogP contribution in [0.1, 0.15) is 35.2 Å². The van der Waals surface area contributed by atoms with Crippen molar-refractivity contribution in [2.75, 3.05) is 19.6 Å². The highest BCUT2D eigenvalue weighted by Gasteiger charge is 2.33. The van der Waals surface area contributed by atoms with Gasteiger partial charge in [0.15, 0.2) is 0 Å². The molecule has 1 atom stereocenters. The summed E-state index contributed by atoms with van der Waals surface area (Å²) in [4.78, 5) is 38.8. The van der Waals surface area contributed by atoms with Crippen molar-refractivity contribution in [3.8, 4) is 0 Å². The topological polar surface area (TPSA) is 78.5 Å². The summed E-state index contributed by atoms with van der Waals surface area (Å²) in [6.07, 6.45) is 2.48. The van der Waals surface area contributed by atoms with Crippen LogP contribution in [0.4, 0.5) is 0 Å². The zero-order valence-corrected chi connectivity index (χ0v) is 16.5. The second-order valence-electron chi connectivity index (χ2n) is 7.17. The van der Waals surface area contributed by atoms with E-state index < -0.39 is 6.04 Å². The van der Waals surface area contributed by atoms with Gasteiger partial charge in [-0.1, -0.05) is 48.5 Å². The van der Waals surface area contributed by atoms with Gasteiger partial charge >= 0.3 is 0 Å². The van der Waals surface area contributed by atoms with Crippen LogP contribution in [0.5, 0.6) is 0 Å². The fourth-order valence-electron chi connectivity index (χ4n) is 3.52. The lowest BCUT2D eigenvalue weighted by Gasteiger charge is -2.24. The minimum atomic E-state index is -0.398. The molecule has 3 amide bonds. The highest BCUT2D eigenvalue weighted by atomic mass is 16.2. The third kappa shape index (κ3) is 5.91. The van der Waals surface area contributed by atoms with Gasteiger partial charge in [0.1, 0.15) is 6.04 Å². The van der Waals surface area contributed by atoms with E-state index in [1.54, 1.807) is 17.0 Å². The van der Waals surface area contributed by atoms with E-state index >= 15 is 0 Å². The molecule has 152 valence electrons. The van der Waals surface area contributed by atoms with Gasteiger partial charge in [-0.3, -0.25) is 14.4 Å². The molecule has 29 heavy (non-hydrogen) atoms. The van der Waals surface area contributed by atoms with E-state index in [0.717, 1.165) is 12.0 Å². The van der Waals surface area contributed by atoms with Crippen molar-refractivity contribution < 1.29 is 14.4 Å². The summed E-state index contributed by atoms with van der Waals surface area (Å²) in [6, 6.07) is 18.2. The Morgan fingerprint density at radius 3 is 2.28 bits per heavy atom. The number of carbonyl (C=O) groups excluding carboxylic acids is 3. The van der Waals surface area contributed by atoms with Crippen molar-refractivity contribution in [3.63, 3.8) is 0 Å². The molecule has 0 spiro atoms. The van der Waals surface area contributed by atoms with Gasteiger partial charge in [0.05, 0.1) is 6.42 Å². The van der Waals surface area contributed by atoms with Gasteiger partial charge in [0.2, 0.25) is 11.8 Å². The highest BCUT2D eigenvalue weighted by molar-refractivity contribution is 5.94. The summed E-state index contributed by atoms with van der Waals surface area (Å²) in [5.74, 6) is -0.243. The molecule has 0 aromatic heterocycles. The van der Waals surface area contributed by atoms with E-state index in [2.05, 4.69) is 10.6 Å². The van der Waals surface area contributed by atoms with Crippen molar-refractivity contribution in [1.82, 2.24) is 15.5 Å². The van der Waals surface area contributed by atoms with Crippen LogP contribution in [0.2, 0.25) is 0 Å². The SMILES string of the molecule is O=C(NCCCNC(=O)[C@H]1CCCN1C(=O)Cc1ccccc1)c1ccccc1. The number of nitrogens with zero attached hydrogens (tertiary/aromatic N) is 1.